The quantitative estimate of drug-likeness (QED) is 0.608. The monoisotopic (exact) mass is 321 g/mol. The molecule has 0 bridgehead atoms. The van der Waals surface area contributed by atoms with Crippen molar-refractivity contribution in [2.75, 3.05) is 12.3 Å². The van der Waals surface area contributed by atoms with Crippen LogP contribution >= 0.6 is 0 Å². The number of hydrogen-bond donors (Lipinski definition) is 4. The first-order valence-electron chi connectivity index (χ1n) is 7.26. The van der Waals surface area contributed by atoms with E-state index in [4.69, 9.17) is 15.7 Å². The van der Waals surface area contributed by atoms with Crippen molar-refractivity contribution in [1.82, 2.24) is 5.32 Å². The minimum absolute atomic E-state index is 0.139. The number of nitrogens with one attached hydrogen (secondary N) is 1. The molecule has 0 spiro atoms. The van der Waals surface area contributed by atoms with Crippen molar-refractivity contribution in [3.05, 3.63) is 29.3 Å². The number of carbonyl (C=O) groups is 1. The molecule has 2 unspecified atom stereocenters. The van der Waals surface area contributed by atoms with Gasteiger partial charge < -0.3 is 26.0 Å². The number of alkyl carbamates (subject to hydrolysis) is 1. The van der Waals surface area contributed by atoms with E-state index in [9.17, 15) is 15.0 Å². The largest absolute Gasteiger partial charge is 0.444 e. The summed E-state index contributed by atoms with van der Waals surface area (Å²) in [5.41, 5.74) is 6.04. The number of nitrogen functional groups attached to an aromatic ring is 1. The Hall–Kier alpha value is -2.30. The Balaban J connectivity index is 2.51. The second-order valence-corrected chi connectivity index (χ2v) is 6.19. The van der Waals surface area contributed by atoms with Crippen LogP contribution < -0.4 is 11.1 Å². The summed E-state index contributed by atoms with van der Waals surface area (Å²) in [5.74, 6) is 0. The van der Waals surface area contributed by atoms with Crippen molar-refractivity contribution in [3.63, 3.8) is 0 Å². The average molecular weight is 321 g/mol. The lowest BCUT2D eigenvalue weighted by Gasteiger charge is -2.21. The third kappa shape index (κ3) is 6.14. The van der Waals surface area contributed by atoms with Gasteiger partial charge in [0.25, 0.3) is 0 Å². The van der Waals surface area contributed by atoms with Crippen LogP contribution in [-0.2, 0) is 4.74 Å². The lowest BCUT2D eigenvalue weighted by atomic mass is 10.00. The molecule has 1 rings (SSSR count). The Kier molecular flexibility index (Phi) is 6.37. The molecule has 0 aliphatic carbocycles. The van der Waals surface area contributed by atoms with Crippen LogP contribution in [0.3, 0.4) is 0 Å². The van der Waals surface area contributed by atoms with Gasteiger partial charge in [0, 0.05) is 12.2 Å². The van der Waals surface area contributed by atoms with Crippen LogP contribution in [0.2, 0.25) is 0 Å². The smallest absolute Gasteiger partial charge is 0.407 e. The molecule has 1 aromatic carbocycles. The molecule has 1 amide bonds. The first-order valence-corrected chi connectivity index (χ1v) is 7.26. The lowest BCUT2D eigenvalue weighted by Crippen LogP contribution is -2.34. The Morgan fingerprint density at radius 3 is 2.61 bits per heavy atom. The van der Waals surface area contributed by atoms with Gasteiger partial charge in [-0.2, -0.15) is 5.26 Å². The van der Waals surface area contributed by atoms with Gasteiger partial charge in [0.15, 0.2) is 0 Å². The summed E-state index contributed by atoms with van der Waals surface area (Å²) < 4.78 is 5.06. The number of anilines is 1. The number of aliphatic hydroxyl groups is 2. The number of benzene rings is 1. The Morgan fingerprint density at radius 2 is 2.09 bits per heavy atom. The molecular weight excluding hydrogens is 298 g/mol. The van der Waals surface area contributed by atoms with Gasteiger partial charge in [-0.25, -0.2) is 4.79 Å². The normalized spacial score (nSPS) is 13.7. The number of amides is 1. The lowest BCUT2D eigenvalue weighted by molar-refractivity contribution is 0.0123. The van der Waals surface area contributed by atoms with Crippen LogP contribution in [-0.4, -0.2) is 34.6 Å². The van der Waals surface area contributed by atoms with E-state index in [1.165, 1.54) is 18.2 Å². The number of carbonyl (C=O) groups excluding carboxylic acids is 1. The van der Waals surface area contributed by atoms with E-state index in [0.29, 0.717) is 11.1 Å². The fourth-order valence-electron chi connectivity index (χ4n) is 1.88. The highest BCUT2D eigenvalue weighted by Crippen LogP contribution is 2.23. The molecule has 126 valence electrons. The predicted octanol–water partition coefficient (Wildman–Crippen LogP) is 1.45. The van der Waals surface area contributed by atoms with Crippen molar-refractivity contribution in [3.8, 4) is 6.07 Å². The maximum atomic E-state index is 11.5. The SMILES string of the molecule is CC(C)(C)OC(=O)NCCC(O)C(O)c1ccc(C#N)c(N)c1. The molecule has 0 heterocycles. The van der Waals surface area contributed by atoms with Crippen molar-refractivity contribution >= 4 is 11.8 Å². The summed E-state index contributed by atoms with van der Waals surface area (Å²) in [7, 11) is 0. The zero-order valence-corrected chi connectivity index (χ0v) is 13.5. The number of nitriles is 1. The molecule has 5 N–H and O–H groups in total. The van der Waals surface area contributed by atoms with Gasteiger partial charge in [0.05, 0.1) is 11.7 Å². The van der Waals surface area contributed by atoms with Crippen molar-refractivity contribution < 1.29 is 19.7 Å². The molecule has 0 aliphatic heterocycles. The van der Waals surface area contributed by atoms with E-state index in [-0.39, 0.29) is 18.7 Å². The molecule has 7 heteroatoms. The highest BCUT2D eigenvalue weighted by molar-refractivity contribution is 5.67. The fourth-order valence-corrected chi connectivity index (χ4v) is 1.88. The van der Waals surface area contributed by atoms with Gasteiger partial charge in [-0.1, -0.05) is 6.07 Å². The third-order valence-electron chi connectivity index (χ3n) is 3.01. The molecule has 0 saturated heterocycles. The van der Waals surface area contributed by atoms with Crippen LogP contribution in [0.5, 0.6) is 0 Å². The molecule has 0 saturated carbocycles. The predicted molar refractivity (Wildman–Crippen MR) is 85.4 cm³/mol. The molecule has 0 aromatic heterocycles. The highest BCUT2D eigenvalue weighted by Gasteiger charge is 2.20. The van der Waals surface area contributed by atoms with Crippen molar-refractivity contribution in [2.24, 2.45) is 0 Å². The van der Waals surface area contributed by atoms with Gasteiger partial charge >= 0.3 is 6.09 Å². The molecule has 0 fully saturated rings. The van der Waals surface area contributed by atoms with E-state index >= 15 is 0 Å². The summed E-state index contributed by atoms with van der Waals surface area (Å²) >= 11 is 0. The summed E-state index contributed by atoms with van der Waals surface area (Å²) in [6.45, 7) is 5.40. The topological polar surface area (TPSA) is 129 Å². The van der Waals surface area contributed by atoms with Gasteiger partial charge in [0.2, 0.25) is 0 Å². The standard InChI is InChI=1S/C16H23N3O4/c1-16(2,3)23-15(22)19-7-6-13(20)14(21)10-4-5-11(9-17)12(18)8-10/h4-5,8,13-14,20-21H,6-7,18H2,1-3H3,(H,19,22). The number of hydrogen-bond acceptors (Lipinski definition) is 6. The summed E-state index contributed by atoms with van der Waals surface area (Å²) in [5, 5.41) is 31.4. The van der Waals surface area contributed by atoms with E-state index in [0.717, 1.165) is 0 Å². The van der Waals surface area contributed by atoms with Gasteiger partial charge in [0.1, 0.15) is 17.8 Å². The molecule has 7 nitrogen and oxygen atoms in total. The summed E-state index contributed by atoms with van der Waals surface area (Å²) in [4.78, 5) is 11.5. The number of nitrogens with two attached hydrogens (primary N) is 1. The number of ether oxygens (including phenoxy) is 1. The summed E-state index contributed by atoms with van der Waals surface area (Å²) in [6, 6.07) is 6.40. The van der Waals surface area contributed by atoms with E-state index in [1.54, 1.807) is 20.8 Å². The first kappa shape index (κ1) is 18.7. The van der Waals surface area contributed by atoms with Crippen LogP contribution in [0.1, 0.15) is 44.4 Å². The second kappa shape index (κ2) is 7.81. The van der Waals surface area contributed by atoms with Gasteiger partial charge in [-0.05, 0) is 44.9 Å². The van der Waals surface area contributed by atoms with Crippen molar-refractivity contribution in [1.29, 1.82) is 5.26 Å². The fraction of sp³-hybridized carbons (Fsp3) is 0.500. The molecule has 23 heavy (non-hydrogen) atoms. The Labute approximate surface area is 135 Å². The minimum atomic E-state index is -1.16. The highest BCUT2D eigenvalue weighted by atomic mass is 16.6. The Bertz CT molecular complexity index is 590. The molecule has 0 radical (unpaired) electrons. The number of rotatable bonds is 5. The molecular formula is C16H23N3O4. The number of nitrogens with zero attached hydrogens (tertiary/aromatic N) is 1. The van der Waals surface area contributed by atoms with Crippen LogP contribution in [0.4, 0.5) is 10.5 Å². The third-order valence-corrected chi connectivity index (χ3v) is 3.01. The van der Waals surface area contributed by atoms with Crippen LogP contribution in [0, 0.1) is 11.3 Å². The van der Waals surface area contributed by atoms with Gasteiger partial charge in [-0.15, -0.1) is 0 Å². The van der Waals surface area contributed by atoms with Crippen molar-refractivity contribution in [2.45, 2.75) is 45.0 Å². The molecule has 0 aliphatic rings. The first-order chi connectivity index (χ1) is 10.6. The molecule has 2 atom stereocenters. The van der Waals surface area contributed by atoms with Crippen LogP contribution in [0.25, 0.3) is 0 Å². The average Bonchev–Trinajstić information content (AvgIpc) is 2.44. The summed E-state index contributed by atoms with van der Waals surface area (Å²) in [6.07, 6.45) is -2.69. The van der Waals surface area contributed by atoms with Gasteiger partial charge in [-0.3, -0.25) is 0 Å². The number of aliphatic hydroxyl groups excluding tert-OH is 2. The zero-order chi connectivity index (χ0) is 17.6. The van der Waals surface area contributed by atoms with E-state index < -0.39 is 23.9 Å². The Morgan fingerprint density at radius 1 is 1.43 bits per heavy atom. The minimum Gasteiger partial charge on any atom is -0.444 e. The second-order valence-electron chi connectivity index (χ2n) is 6.19. The maximum Gasteiger partial charge on any atom is 0.407 e. The van der Waals surface area contributed by atoms with E-state index in [2.05, 4.69) is 5.32 Å². The molecule has 1 aromatic rings. The zero-order valence-electron chi connectivity index (χ0n) is 13.5. The van der Waals surface area contributed by atoms with E-state index in [1.807, 2.05) is 6.07 Å². The maximum absolute atomic E-state index is 11.5. The van der Waals surface area contributed by atoms with Crippen LogP contribution in [0.15, 0.2) is 18.2 Å².